The number of hydrogen-bond acceptors (Lipinski definition) is 5. The van der Waals surface area contributed by atoms with Crippen molar-refractivity contribution in [2.24, 2.45) is 5.92 Å². The maximum absolute atomic E-state index is 13.9. The molecule has 34 heavy (non-hydrogen) atoms. The number of likely N-dealkylation sites (N-methyl/N-ethyl adjacent to an activating group) is 1. The van der Waals surface area contributed by atoms with E-state index in [-0.39, 0.29) is 42.2 Å². The maximum atomic E-state index is 13.9. The molecule has 2 atom stereocenters. The van der Waals surface area contributed by atoms with E-state index in [1.165, 1.54) is 13.1 Å². The van der Waals surface area contributed by atoms with Crippen LogP contribution in [0.1, 0.15) is 31.2 Å². The van der Waals surface area contributed by atoms with Gasteiger partial charge < -0.3 is 14.4 Å². The van der Waals surface area contributed by atoms with E-state index in [1.807, 2.05) is 0 Å². The number of para-hydroxylation sites is 1. The van der Waals surface area contributed by atoms with E-state index in [0.717, 1.165) is 17.7 Å². The van der Waals surface area contributed by atoms with E-state index in [4.69, 9.17) is 9.47 Å². The first-order valence-corrected chi connectivity index (χ1v) is 11.4. The molecule has 4 rings (SSSR count). The van der Waals surface area contributed by atoms with Crippen LogP contribution in [0.15, 0.2) is 48.5 Å². The third-order valence-corrected chi connectivity index (χ3v) is 6.82. The summed E-state index contributed by atoms with van der Waals surface area (Å²) in [4.78, 5) is 41.9. The molecule has 2 aliphatic heterocycles. The van der Waals surface area contributed by atoms with Crippen molar-refractivity contribution in [3.8, 4) is 11.5 Å². The van der Waals surface area contributed by atoms with Gasteiger partial charge in [0.1, 0.15) is 5.75 Å². The van der Waals surface area contributed by atoms with Crippen LogP contribution in [0.3, 0.4) is 0 Å². The Bertz CT molecular complexity index is 1070. The number of carbonyl (C=O) groups is 3. The number of likely N-dealkylation sites (tertiary alicyclic amines) is 2. The van der Waals surface area contributed by atoms with E-state index in [9.17, 15) is 18.8 Å². The van der Waals surface area contributed by atoms with Gasteiger partial charge in [0.05, 0.1) is 19.1 Å². The molecule has 0 radical (unpaired) electrons. The lowest BCUT2D eigenvalue weighted by molar-refractivity contribution is -0.142. The number of halogens is 1. The number of methoxy groups -OCH3 is 1. The first-order valence-electron chi connectivity index (χ1n) is 11.4. The average molecular weight is 469 g/mol. The molecular weight excluding hydrogens is 439 g/mol. The van der Waals surface area contributed by atoms with Crippen LogP contribution in [0.5, 0.6) is 11.5 Å². The second kappa shape index (κ2) is 9.83. The molecule has 0 saturated carbocycles. The lowest BCUT2D eigenvalue weighted by Gasteiger charge is -2.35. The van der Waals surface area contributed by atoms with Gasteiger partial charge >= 0.3 is 0 Å². The van der Waals surface area contributed by atoms with E-state index in [2.05, 4.69) is 0 Å². The summed E-state index contributed by atoms with van der Waals surface area (Å²) in [5.41, 5.74) is -0.605. The van der Waals surface area contributed by atoms with E-state index in [0.29, 0.717) is 31.0 Å². The predicted octanol–water partition coefficient (Wildman–Crippen LogP) is 3.17. The van der Waals surface area contributed by atoms with Gasteiger partial charge in [-0.3, -0.25) is 19.3 Å². The number of ether oxygens (including phenoxy) is 2. The van der Waals surface area contributed by atoms with Crippen molar-refractivity contribution in [2.45, 2.75) is 31.1 Å². The van der Waals surface area contributed by atoms with Gasteiger partial charge in [0.25, 0.3) is 0 Å². The van der Waals surface area contributed by atoms with Crippen LogP contribution in [0, 0.1) is 11.7 Å². The van der Waals surface area contributed by atoms with E-state index < -0.39 is 11.2 Å². The molecule has 0 spiro atoms. The van der Waals surface area contributed by atoms with Gasteiger partial charge in [0.2, 0.25) is 17.7 Å². The fourth-order valence-electron chi connectivity index (χ4n) is 4.83. The third-order valence-electron chi connectivity index (χ3n) is 6.82. The molecule has 0 N–H and O–H groups in total. The quantitative estimate of drug-likeness (QED) is 0.584. The van der Waals surface area contributed by atoms with Crippen molar-refractivity contribution in [3.05, 3.63) is 59.9 Å². The fourth-order valence-corrected chi connectivity index (χ4v) is 4.83. The molecule has 2 heterocycles. The number of imide groups is 1. The molecule has 0 aliphatic carbocycles. The van der Waals surface area contributed by atoms with Crippen molar-refractivity contribution in [3.63, 3.8) is 0 Å². The Kier molecular flexibility index (Phi) is 6.86. The highest BCUT2D eigenvalue weighted by Crippen LogP contribution is 2.40. The zero-order valence-electron chi connectivity index (χ0n) is 19.5. The van der Waals surface area contributed by atoms with Crippen molar-refractivity contribution in [2.75, 3.05) is 33.9 Å². The Morgan fingerprint density at radius 1 is 1.15 bits per heavy atom. The fraction of sp³-hybridized carbons (Fsp3) is 0.423. The second-order valence-corrected chi connectivity index (χ2v) is 9.01. The van der Waals surface area contributed by atoms with Crippen molar-refractivity contribution < 1.29 is 28.2 Å². The van der Waals surface area contributed by atoms with E-state index in [1.54, 1.807) is 54.5 Å². The highest BCUT2D eigenvalue weighted by molar-refractivity contribution is 6.10. The monoisotopic (exact) mass is 468 g/mol. The standard InChI is InChI=1S/C26H29FN2O5/c1-28-23(30)14-26(25(28)32,19-9-11-20(33-2)12-10-19)15-24(31)29-13-5-6-18(16-29)17-34-22-8-4-3-7-21(22)27/h3-4,7-12,18H,5-6,13-17H2,1-2H3/t18-,26+/m0/s1. The molecule has 2 aromatic carbocycles. The largest absolute Gasteiger partial charge is 0.497 e. The summed E-state index contributed by atoms with van der Waals surface area (Å²) in [6.07, 6.45) is 1.52. The minimum absolute atomic E-state index is 0.0476. The SMILES string of the molecule is COc1ccc([C@]2(CC(=O)N3CCC[C@H](COc4ccccc4F)C3)CC(=O)N(C)C2=O)cc1. The Morgan fingerprint density at radius 2 is 1.88 bits per heavy atom. The number of rotatable bonds is 7. The van der Waals surface area contributed by atoms with Gasteiger partial charge in [-0.1, -0.05) is 24.3 Å². The van der Waals surface area contributed by atoms with Crippen LogP contribution < -0.4 is 9.47 Å². The molecule has 2 aliphatic rings. The van der Waals surface area contributed by atoms with Crippen LogP contribution in [0.4, 0.5) is 4.39 Å². The molecule has 3 amide bonds. The smallest absolute Gasteiger partial charge is 0.240 e. The van der Waals surface area contributed by atoms with Gasteiger partial charge in [-0.05, 0) is 42.7 Å². The zero-order valence-corrected chi connectivity index (χ0v) is 19.5. The molecule has 2 aromatic rings. The van der Waals surface area contributed by atoms with Crippen molar-refractivity contribution in [1.82, 2.24) is 9.80 Å². The van der Waals surface area contributed by atoms with Gasteiger partial charge in [-0.15, -0.1) is 0 Å². The number of carbonyl (C=O) groups excluding carboxylic acids is 3. The van der Waals surface area contributed by atoms with Gasteiger partial charge in [0.15, 0.2) is 11.6 Å². The summed E-state index contributed by atoms with van der Waals surface area (Å²) in [5, 5.41) is 0. The summed E-state index contributed by atoms with van der Waals surface area (Å²) < 4.78 is 24.7. The summed E-state index contributed by atoms with van der Waals surface area (Å²) in [5.74, 6) is -0.385. The van der Waals surface area contributed by atoms with Crippen LogP contribution >= 0.6 is 0 Å². The first kappa shape index (κ1) is 23.7. The van der Waals surface area contributed by atoms with E-state index >= 15 is 0 Å². The second-order valence-electron chi connectivity index (χ2n) is 9.01. The van der Waals surface area contributed by atoms with Gasteiger partial charge in [-0.25, -0.2) is 4.39 Å². The predicted molar refractivity (Wildman–Crippen MR) is 123 cm³/mol. The maximum Gasteiger partial charge on any atom is 0.240 e. The Balaban J connectivity index is 1.48. The number of benzene rings is 2. The number of hydrogen-bond donors (Lipinski definition) is 0. The molecule has 0 bridgehead atoms. The summed E-state index contributed by atoms with van der Waals surface area (Å²) in [7, 11) is 3.01. The lowest BCUT2D eigenvalue weighted by Crippen LogP contribution is -2.46. The Labute approximate surface area is 198 Å². The van der Waals surface area contributed by atoms with Gasteiger partial charge in [0, 0.05) is 38.9 Å². The minimum atomic E-state index is -1.23. The number of piperidine rings is 1. The van der Waals surface area contributed by atoms with Crippen LogP contribution in [0.2, 0.25) is 0 Å². The van der Waals surface area contributed by atoms with Crippen LogP contribution in [-0.4, -0.2) is 61.4 Å². The Morgan fingerprint density at radius 3 is 2.53 bits per heavy atom. The van der Waals surface area contributed by atoms with Crippen LogP contribution in [-0.2, 0) is 19.8 Å². The zero-order chi connectivity index (χ0) is 24.3. The highest BCUT2D eigenvalue weighted by Gasteiger charge is 2.53. The molecule has 8 heteroatoms. The molecule has 0 aromatic heterocycles. The normalized spacial score (nSPS) is 22.7. The summed E-state index contributed by atoms with van der Waals surface area (Å²) in [6.45, 7) is 1.34. The molecule has 180 valence electrons. The molecule has 2 fully saturated rings. The Hall–Kier alpha value is -3.42. The first-order chi connectivity index (χ1) is 16.3. The van der Waals surface area contributed by atoms with Crippen LogP contribution in [0.25, 0.3) is 0 Å². The number of nitrogens with zero attached hydrogens (tertiary/aromatic N) is 2. The summed E-state index contributed by atoms with van der Waals surface area (Å²) >= 11 is 0. The molecular formula is C26H29FN2O5. The van der Waals surface area contributed by atoms with Crippen molar-refractivity contribution >= 4 is 17.7 Å². The number of amides is 3. The highest BCUT2D eigenvalue weighted by atomic mass is 19.1. The summed E-state index contributed by atoms with van der Waals surface area (Å²) in [6, 6.07) is 13.2. The van der Waals surface area contributed by atoms with Crippen molar-refractivity contribution in [1.29, 1.82) is 0 Å². The minimum Gasteiger partial charge on any atom is -0.497 e. The topological polar surface area (TPSA) is 76.2 Å². The molecule has 7 nitrogen and oxygen atoms in total. The average Bonchev–Trinajstić information content (AvgIpc) is 3.07. The van der Waals surface area contributed by atoms with Gasteiger partial charge in [-0.2, -0.15) is 0 Å². The molecule has 0 unspecified atom stereocenters. The lowest BCUT2D eigenvalue weighted by atomic mass is 9.75. The third kappa shape index (κ3) is 4.62. The molecule has 2 saturated heterocycles.